The number of hydrogen-bond donors (Lipinski definition) is 1. The van der Waals surface area contributed by atoms with Crippen LogP contribution in [0.5, 0.6) is 0 Å². The molecule has 0 atom stereocenters. The Kier molecular flexibility index (Phi) is 5.20. The van der Waals surface area contributed by atoms with Crippen LogP contribution in [0.25, 0.3) is 0 Å². The highest BCUT2D eigenvalue weighted by Crippen LogP contribution is 2.22. The standard InChI is InChI=1S/C10H18F3N3O/c11-10(12,13)2-1-9(17)16-7-5-15(4-3-14)6-8-16/h1-8,14H2. The normalized spacial score (nSPS) is 18.5. The Morgan fingerprint density at radius 1 is 1.18 bits per heavy atom. The summed E-state index contributed by atoms with van der Waals surface area (Å²) >= 11 is 0. The highest BCUT2D eigenvalue weighted by Gasteiger charge is 2.29. The quantitative estimate of drug-likeness (QED) is 0.790. The van der Waals surface area contributed by atoms with Crippen molar-refractivity contribution < 1.29 is 18.0 Å². The molecule has 0 aromatic rings. The van der Waals surface area contributed by atoms with Crippen LogP contribution in [0.15, 0.2) is 0 Å². The van der Waals surface area contributed by atoms with Crippen molar-refractivity contribution in [3.05, 3.63) is 0 Å². The number of nitrogens with zero attached hydrogens (tertiary/aromatic N) is 2. The van der Waals surface area contributed by atoms with Gasteiger partial charge in [0.2, 0.25) is 5.91 Å². The Labute approximate surface area is 98.5 Å². The molecular formula is C10H18F3N3O. The predicted molar refractivity (Wildman–Crippen MR) is 57.4 cm³/mol. The molecule has 1 fully saturated rings. The molecule has 1 amide bonds. The van der Waals surface area contributed by atoms with Crippen molar-refractivity contribution in [3.63, 3.8) is 0 Å². The molecule has 0 aromatic carbocycles. The molecule has 0 unspecified atom stereocenters. The van der Waals surface area contributed by atoms with E-state index in [0.29, 0.717) is 32.7 Å². The third-order valence-electron chi connectivity index (χ3n) is 2.79. The summed E-state index contributed by atoms with van der Waals surface area (Å²) in [7, 11) is 0. The minimum absolute atomic E-state index is 0.408. The van der Waals surface area contributed by atoms with Crippen LogP contribution in [-0.2, 0) is 4.79 Å². The summed E-state index contributed by atoms with van der Waals surface area (Å²) in [6.07, 6.45) is -5.73. The Morgan fingerprint density at radius 2 is 1.76 bits per heavy atom. The van der Waals surface area contributed by atoms with Gasteiger partial charge in [0, 0.05) is 45.7 Å². The van der Waals surface area contributed by atoms with Gasteiger partial charge in [-0.25, -0.2) is 0 Å². The van der Waals surface area contributed by atoms with Gasteiger partial charge in [0.15, 0.2) is 0 Å². The predicted octanol–water partition coefficient (Wildman–Crippen LogP) is 0.432. The lowest BCUT2D eigenvalue weighted by Gasteiger charge is -2.34. The second-order valence-electron chi connectivity index (χ2n) is 4.13. The van der Waals surface area contributed by atoms with Crippen LogP contribution in [0.1, 0.15) is 12.8 Å². The number of carbonyl (C=O) groups is 1. The first kappa shape index (κ1) is 14.2. The summed E-state index contributed by atoms with van der Waals surface area (Å²) in [6.45, 7) is 3.70. The molecule has 0 radical (unpaired) electrons. The molecule has 0 bridgehead atoms. The van der Waals surface area contributed by atoms with Gasteiger partial charge in [-0.1, -0.05) is 0 Å². The molecule has 2 N–H and O–H groups in total. The lowest BCUT2D eigenvalue weighted by Crippen LogP contribution is -2.49. The van der Waals surface area contributed by atoms with Gasteiger partial charge in [-0.15, -0.1) is 0 Å². The largest absolute Gasteiger partial charge is 0.389 e. The van der Waals surface area contributed by atoms with E-state index in [-0.39, 0.29) is 0 Å². The fourth-order valence-corrected chi connectivity index (χ4v) is 1.81. The topological polar surface area (TPSA) is 49.6 Å². The highest BCUT2D eigenvalue weighted by atomic mass is 19.4. The summed E-state index contributed by atoms with van der Waals surface area (Å²) in [5.41, 5.74) is 5.40. The number of halogens is 3. The molecule has 1 aliphatic heterocycles. The summed E-state index contributed by atoms with van der Waals surface area (Å²) in [4.78, 5) is 15.1. The molecule has 0 aliphatic carbocycles. The second-order valence-corrected chi connectivity index (χ2v) is 4.13. The van der Waals surface area contributed by atoms with E-state index in [0.717, 1.165) is 6.54 Å². The first-order chi connectivity index (χ1) is 7.92. The lowest BCUT2D eigenvalue weighted by molar-refractivity contribution is -0.150. The Bertz CT molecular complexity index is 250. The summed E-state index contributed by atoms with van der Waals surface area (Å²) in [5.74, 6) is -0.408. The molecular weight excluding hydrogens is 235 g/mol. The van der Waals surface area contributed by atoms with Gasteiger partial charge < -0.3 is 10.6 Å². The maximum Gasteiger partial charge on any atom is 0.389 e. The van der Waals surface area contributed by atoms with Crippen molar-refractivity contribution >= 4 is 5.91 Å². The molecule has 0 spiro atoms. The van der Waals surface area contributed by atoms with Crippen LogP contribution in [0.3, 0.4) is 0 Å². The fraction of sp³-hybridized carbons (Fsp3) is 0.900. The first-order valence-electron chi connectivity index (χ1n) is 5.69. The molecule has 1 saturated heterocycles. The zero-order valence-corrected chi connectivity index (χ0v) is 9.67. The smallest absolute Gasteiger partial charge is 0.340 e. The number of carbonyl (C=O) groups excluding carboxylic acids is 1. The number of nitrogens with two attached hydrogens (primary N) is 1. The van der Waals surface area contributed by atoms with Crippen LogP contribution in [-0.4, -0.2) is 61.2 Å². The van der Waals surface area contributed by atoms with E-state index < -0.39 is 24.9 Å². The fourth-order valence-electron chi connectivity index (χ4n) is 1.81. The van der Waals surface area contributed by atoms with E-state index in [1.807, 2.05) is 0 Å². The molecule has 0 saturated carbocycles. The Morgan fingerprint density at radius 3 is 2.24 bits per heavy atom. The monoisotopic (exact) mass is 253 g/mol. The van der Waals surface area contributed by atoms with Crippen LogP contribution >= 0.6 is 0 Å². The molecule has 100 valence electrons. The van der Waals surface area contributed by atoms with Crippen molar-refractivity contribution in [2.75, 3.05) is 39.3 Å². The maximum absolute atomic E-state index is 12.0. The maximum atomic E-state index is 12.0. The van der Waals surface area contributed by atoms with E-state index in [9.17, 15) is 18.0 Å². The van der Waals surface area contributed by atoms with E-state index in [4.69, 9.17) is 5.73 Å². The summed E-state index contributed by atoms with van der Waals surface area (Å²) < 4.78 is 35.9. The average Bonchev–Trinajstić information content (AvgIpc) is 2.26. The number of rotatable bonds is 4. The minimum atomic E-state index is -4.25. The Hall–Kier alpha value is -0.820. The molecule has 4 nitrogen and oxygen atoms in total. The van der Waals surface area contributed by atoms with Crippen LogP contribution in [0.2, 0.25) is 0 Å². The summed E-state index contributed by atoms with van der Waals surface area (Å²) in [5, 5.41) is 0. The van der Waals surface area contributed by atoms with Gasteiger partial charge in [-0.3, -0.25) is 9.69 Å². The van der Waals surface area contributed by atoms with Crippen LogP contribution in [0, 0.1) is 0 Å². The van der Waals surface area contributed by atoms with Crippen LogP contribution in [0.4, 0.5) is 13.2 Å². The number of hydrogen-bond acceptors (Lipinski definition) is 3. The van der Waals surface area contributed by atoms with E-state index in [1.165, 1.54) is 4.90 Å². The second kappa shape index (κ2) is 6.20. The van der Waals surface area contributed by atoms with Crippen LogP contribution < -0.4 is 5.73 Å². The van der Waals surface area contributed by atoms with E-state index in [2.05, 4.69) is 4.90 Å². The van der Waals surface area contributed by atoms with Crippen molar-refractivity contribution in [1.29, 1.82) is 0 Å². The lowest BCUT2D eigenvalue weighted by atomic mass is 10.2. The number of alkyl halides is 3. The third-order valence-corrected chi connectivity index (χ3v) is 2.79. The van der Waals surface area contributed by atoms with E-state index in [1.54, 1.807) is 0 Å². The average molecular weight is 253 g/mol. The van der Waals surface area contributed by atoms with Gasteiger partial charge in [0.1, 0.15) is 0 Å². The van der Waals surface area contributed by atoms with Gasteiger partial charge in [-0.2, -0.15) is 13.2 Å². The molecule has 0 aromatic heterocycles. The molecule has 7 heteroatoms. The Balaban J connectivity index is 2.26. The third kappa shape index (κ3) is 5.36. The number of piperazine rings is 1. The highest BCUT2D eigenvalue weighted by molar-refractivity contribution is 5.76. The first-order valence-corrected chi connectivity index (χ1v) is 5.69. The zero-order chi connectivity index (χ0) is 12.9. The number of amides is 1. The van der Waals surface area contributed by atoms with Crippen molar-refractivity contribution in [2.45, 2.75) is 19.0 Å². The van der Waals surface area contributed by atoms with Gasteiger partial charge in [0.25, 0.3) is 0 Å². The molecule has 17 heavy (non-hydrogen) atoms. The van der Waals surface area contributed by atoms with Crippen molar-refractivity contribution in [3.8, 4) is 0 Å². The zero-order valence-electron chi connectivity index (χ0n) is 9.67. The van der Waals surface area contributed by atoms with Gasteiger partial charge in [0.05, 0.1) is 6.42 Å². The molecule has 1 heterocycles. The van der Waals surface area contributed by atoms with E-state index >= 15 is 0 Å². The molecule has 1 rings (SSSR count). The van der Waals surface area contributed by atoms with Gasteiger partial charge >= 0.3 is 6.18 Å². The summed E-state index contributed by atoms with van der Waals surface area (Å²) in [6, 6.07) is 0. The SMILES string of the molecule is NCCN1CCN(C(=O)CCC(F)(F)F)CC1. The van der Waals surface area contributed by atoms with Crippen molar-refractivity contribution in [2.24, 2.45) is 5.73 Å². The minimum Gasteiger partial charge on any atom is -0.340 e. The van der Waals surface area contributed by atoms with Crippen molar-refractivity contribution in [1.82, 2.24) is 9.80 Å². The van der Waals surface area contributed by atoms with Gasteiger partial charge in [-0.05, 0) is 0 Å². The molecule has 1 aliphatic rings.